The monoisotopic (exact) mass is 293 g/mol. The molecule has 0 aliphatic carbocycles. The first-order valence-electron chi connectivity index (χ1n) is 6.26. The van der Waals surface area contributed by atoms with Gasteiger partial charge in [-0.05, 0) is 19.1 Å². The lowest BCUT2D eigenvalue weighted by Crippen LogP contribution is -2.23. The summed E-state index contributed by atoms with van der Waals surface area (Å²) in [5.74, 6) is 0.377. The predicted octanol–water partition coefficient (Wildman–Crippen LogP) is 1.83. The van der Waals surface area contributed by atoms with Gasteiger partial charge in [0.1, 0.15) is 5.82 Å². The molecule has 7 heteroatoms. The van der Waals surface area contributed by atoms with E-state index in [1.54, 1.807) is 10.7 Å². The van der Waals surface area contributed by atoms with Crippen LogP contribution in [0.3, 0.4) is 0 Å². The van der Waals surface area contributed by atoms with Crippen LogP contribution in [0.25, 0.3) is 0 Å². The summed E-state index contributed by atoms with van der Waals surface area (Å²) in [6.45, 7) is 3.04. The summed E-state index contributed by atoms with van der Waals surface area (Å²) < 4.78 is 1.68. The number of pyridine rings is 1. The quantitative estimate of drug-likeness (QED) is 0.882. The molecule has 106 valence electrons. The number of aromatic nitrogens is 3. The number of nitrogens with zero attached hydrogens (tertiary/aromatic N) is 3. The largest absolute Gasteiger partial charge is 0.370 e. The lowest BCUT2D eigenvalue weighted by molar-refractivity contribution is 0.0950. The van der Waals surface area contributed by atoms with Crippen LogP contribution < -0.4 is 10.6 Å². The summed E-state index contributed by atoms with van der Waals surface area (Å²) in [5, 5.41) is 10.3. The fraction of sp³-hybridized carbons (Fsp3) is 0.308. The third kappa shape index (κ3) is 3.48. The Hall–Kier alpha value is -2.08. The Morgan fingerprint density at radius 3 is 2.95 bits per heavy atom. The molecule has 1 amide bonds. The van der Waals surface area contributed by atoms with E-state index in [4.69, 9.17) is 11.6 Å². The second-order valence-electron chi connectivity index (χ2n) is 4.24. The van der Waals surface area contributed by atoms with Gasteiger partial charge in [-0.15, -0.1) is 0 Å². The van der Waals surface area contributed by atoms with Gasteiger partial charge in [0, 0.05) is 26.0 Å². The molecule has 0 atom stereocenters. The van der Waals surface area contributed by atoms with E-state index in [9.17, 15) is 4.79 Å². The van der Waals surface area contributed by atoms with Gasteiger partial charge in [-0.3, -0.25) is 9.48 Å². The van der Waals surface area contributed by atoms with Gasteiger partial charge in [0.2, 0.25) is 0 Å². The SMILES string of the molecule is CCNc1cc(C(=O)NCc2ccn(C)n2)c(Cl)cn1. The number of halogens is 1. The number of rotatable bonds is 5. The van der Waals surface area contributed by atoms with Gasteiger partial charge in [0.15, 0.2) is 0 Å². The lowest BCUT2D eigenvalue weighted by Gasteiger charge is -2.08. The second kappa shape index (κ2) is 6.38. The summed E-state index contributed by atoms with van der Waals surface area (Å²) in [6, 6.07) is 3.48. The maximum absolute atomic E-state index is 12.1. The van der Waals surface area contributed by atoms with Crippen molar-refractivity contribution in [3.05, 3.63) is 40.8 Å². The molecule has 0 aliphatic rings. The van der Waals surface area contributed by atoms with Crippen molar-refractivity contribution in [3.8, 4) is 0 Å². The van der Waals surface area contributed by atoms with Crippen LogP contribution >= 0.6 is 11.6 Å². The van der Waals surface area contributed by atoms with Crippen LogP contribution in [-0.4, -0.2) is 27.2 Å². The van der Waals surface area contributed by atoms with Gasteiger partial charge in [0.25, 0.3) is 5.91 Å². The summed E-state index contributed by atoms with van der Waals surface area (Å²) in [6.07, 6.45) is 3.29. The molecular formula is C13H16ClN5O. The molecule has 2 aromatic heterocycles. The van der Waals surface area contributed by atoms with Gasteiger partial charge in [-0.1, -0.05) is 11.6 Å². The van der Waals surface area contributed by atoms with E-state index >= 15 is 0 Å². The average molecular weight is 294 g/mol. The first kappa shape index (κ1) is 14.3. The van der Waals surface area contributed by atoms with Crippen LogP contribution in [0.15, 0.2) is 24.5 Å². The van der Waals surface area contributed by atoms with Crippen molar-refractivity contribution < 1.29 is 4.79 Å². The number of amides is 1. The molecule has 0 saturated heterocycles. The van der Waals surface area contributed by atoms with Crippen LogP contribution in [0, 0.1) is 0 Å². The van der Waals surface area contributed by atoms with E-state index in [1.807, 2.05) is 26.2 Å². The molecule has 2 heterocycles. The van der Waals surface area contributed by atoms with Crippen LogP contribution in [-0.2, 0) is 13.6 Å². The van der Waals surface area contributed by atoms with Crippen molar-refractivity contribution in [3.63, 3.8) is 0 Å². The highest BCUT2D eigenvalue weighted by atomic mass is 35.5. The molecule has 0 aliphatic heterocycles. The molecule has 2 N–H and O–H groups in total. The Bertz CT molecular complexity index is 611. The topological polar surface area (TPSA) is 71.8 Å². The number of anilines is 1. The highest BCUT2D eigenvalue weighted by Crippen LogP contribution is 2.18. The lowest BCUT2D eigenvalue weighted by atomic mass is 10.2. The van der Waals surface area contributed by atoms with Gasteiger partial charge >= 0.3 is 0 Å². The molecule has 0 saturated carbocycles. The molecule has 0 aromatic carbocycles. The molecule has 20 heavy (non-hydrogen) atoms. The molecule has 0 spiro atoms. The van der Waals surface area contributed by atoms with Crippen LogP contribution in [0.5, 0.6) is 0 Å². The Morgan fingerprint density at radius 1 is 1.50 bits per heavy atom. The molecule has 2 rings (SSSR count). The number of hydrogen-bond acceptors (Lipinski definition) is 4. The van der Waals surface area contributed by atoms with E-state index in [1.165, 1.54) is 6.20 Å². The van der Waals surface area contributed by atoms with Crippen molar-refractivity contribution in [2.45, 2.75) is 13.5 Å². The van der Waals surface area contributed by atoms with Crippen molar-refractivity contribution in [2.24, 2.45) is 7.05 Å². The number of nitrogens with one attached hydrogen (secondary N) is 2. The highest BCUT2D eigenvalue weighted by molar-refractivity contribution is 6.33. The van der Waals surface area contributed by atoms with Crippen molar-refractivity contribution >= 4 is 23.3 Å². The van der Waals surface area contributed by atoms with Crippen molar-refractivity contribution in [1.29, 1.82) is 0 Å². The van der Waals surface area contributed by atoms with E-state index in [0.29, 0.717) is 22.9 Å². The fourth-order valence-electron chi connectivity index (χ4n) is 1.71. The summed E-state index contributed by atoms with van der Waals surface area (Å²) in [5.41, 5.74) is 1.19. The maximum atomic E-state index is 12.1. The molecule has 2 aromatic rings. The van der Waals surface area contributed by atoms with Crippen LogP contribution in [0.2, 0.25) is 5.02 Å². The number of carbonyl (C=O) groups is 1. The van der Waals surface area contributed by atoms with E-state index in [2.05, 4.69) is 20.7 Å². The standard InChI is InChI=1S/C13H16ClN5O/c1-3-15-12-6-10(11(14)8-16-12)13(20)17-7-9-4-5-19(2)18-9/h4-6,8H,3,7H2,1-2H3,(H,15,16)(H,17,20). The Labute approximate surface area is 122 Å². The molecule has 0 radical (unpaired) electrons. The van der Waals surface area contributed by atoms with E-state index < -0.39 is 0 Å². The third-order valence-corrected chi connectivity index (χ3v) is 2.96. The van der Waals surface area contributed by atoms with E-state index in [0.717, 1.165) is 12.2 Å². The van der Waals surface area contributed by atoms with E-state index in [-0.39, 0.29) is 5.91 Å². The zero-order valence-electron chi connectivity index (χ0n) is 11.4. The van der Waals surface area contributed by atoms with Gasteiger partial charge in [-0.2, -0.15) is 5.10 Å². The first-order valence-corrected chi connectivity index (χ1v) is 6.64. The minimum Gasteiger partial charge on any atom is -0.370 e. The second-order valence-corrected chi connectivity index (χ2v) is 4.65. The summed E-state index contributed by atoms with van der Waals surface area (Å²) in [4.78, 5) is 16.2. The molecule has 6 nitrogen and oxygen atoms in total. The third-order valence-electron chi connectivity index (χ3n) is 2.66. The highest BCUT2D eigenvalue weighted by Gasteiger charge is 2.12. The smallest absolute Gasteiger partial charge is 0.253 e. The maximum Gasteiger partial charge on any atom is 0.253 e. The minimum absolute atomic E-state index is 0.248. The number of hydrogen-bond donors (Lipinski definition) is 2. The van der Waals surface area contributed by atoms with Crippen LogP contribution in [0.1, 0.15) is 23.0 Å². The normalized spacial score (nSPS) is 10.3. The first-order chi connectivity index (χ1) is 9.60. The Balaban J connectivity index is 2.06. The molecular weight excluding hydrogens is 278 g/mol. The predicted molar refractivity (Wildman–Crippen MR) is 77.8 cm³/mol. The van der Waals surface area contributed by atoms with Gasteiger partial charge in [-0.25, -0.2) is 4.98 Å². The number of aryl methyl sites for hydroxylation is 1. The van der Waals surface area contributed by atoms with Crippen molar-refractivity contribution in [1.82, 2.24) is 20.1 Å². The van der Waals surface area contributed by atoms with Gasteiger partial charge in [0.05, 0.1) is 22.8 Å². The molecule has 0 fully saturated rings. The minimum atomic E-state index is -0.248. The Kier molecular flexibility index (Phi) is 4.57. The number of carbonyl (C=O) groups excluding carboxylic acids is 1. The fourth-order valence-corrected chi connectivity index (χ4v) is 1.90. The summed E-state index contributed by atoms with van der Waals surface area (Å²) >= 11 is 6.01. The van der Waals surface area contributed by atoms with Gasteiger partial charge < -0.3 is 10.6 Å². The zero-order chi connectivity index (χ0) is 14.5. The van der Waals surface area contributed by atoms with Crippen molar-refractivity contribution in [2.75, 3.05) is 11.9 Å². The molecule has 0 unspecified atom stereocenters. The summed E-state index contributed by atoms with van der Waals surface area (Å²) in [7, 11) is 1.83. The van der Waals surface area contributed by atoms with Crippen LogP contribution in [0.4, 0.5) is 5.82 Å². The average Bonchev–Trinajstić information content (AvgIpc) is 2.84. The Morgan fingerprint density at radius 2 is 2.30 bits per heavy atom. The molecule has 0 bridgehead atoms. The zero-order valence-corrected chi connectivity index (χ0v) is 12.1.